The number of aromatic nitrogens is 2. The Morgan fingerprint density at radius 3 is 2.65 bits per heavy atom. The molecule has 1 amide bonds. The minimum absolute atomic E-state index is 0.208. The second-order valence-electron chi connectivity index (χ2n) is 8.12. The highest BCUT2D eigenvalue weighted by Gasteiger charge is 2.51. The van der Waals surface area contributed by atoms with Crippen LogP contribution < -0.4 is 5.46 Å². The summed E-state index contributed by atoms with van der Waals surface area (Å²) in [7, 11) is -0.438. The van der Waals surface area contributed by atoms with Crippen molar-refractivity contribution in [2.75, 3.05) is 6.54 Å². The Morgan fingerprint density at radius 1 is 1.31 bits per heavy atom. The second-order valence-corrected chi connectivity index (χ2v) is 8.12. The van der Waals surface area contributed by atoms with Crippen LogP contribution in [0.1, 0.15) is 52.4 Å². The summed E-state index contributed by atoms with van der Waals surface area (Å²) in [5.41, 5.74) is 1.81. The minimum Gasteiger partial charge on any atom is -0.465 e. The van der Waals surface area contributed by atoms with E-state index < -0.39 is 24.4 Å². The molecule has 7 nitrogen and oxygen atoms in total. The third-order valence-corrected chi connectivity index (χ3v) is 5.86. The lowest BCUT2D eigenvalue weighted by Gasteiger charge is -2.32. The number of carbonyl (C=O) groups is 1. The van der Waals surface area contributed by atoms with Gasteiger partial charge in [-0.25, -0.2) is 9.78 Å². The van der Waals surface area contributed by atoms with E-state index in [9.17, 15) is 9.90 Å². The van der Waals surface area contributed by atoms with Gasteiger partial charge in [0.1, 0.15) is 5.82 Å². The van der Waals surface area contributed by atoms with Gasteiger partial charge in [0, 0.05) is 6.54 Å². The van der Waals surface area contributed by atoms with Crippen molar-refractivity contribution >= 4 is 29.7 Å². The van der Waals surface area contributed by atoms with Gasteiger partial charge in [-0.3, -0.25) is 4.90 Å². The third-order valence-electron chi connectivity index (χ3n) is 5.86. The number of nitrogens with zero attached hydrogens (tertiary/aromatic N) is 2. The van der Waals surface area contributed by atoms with Crippen LogP contribution in [-0.4, -0.2) is 50.9 Å². The van der Waals surface area contributed by atoms with Crippen LogP contribution in [0.4, 0.5) is 4.79 Å². The van der Waals surface area contributed by atoms with E-state index in [2.05, 4.69) is 9.97 Å². The molecule has 1 aromatic heterocycles. The van der Waals surface area contributed by atoms with E-state index in [-0.39, 0.29) is 6.04 Å². The highest BCUT2D eigenvalue weighted by Crippen LogP contribution is 2.37. The molecule has 0 aliphatic carbocycles. The molecular weight excluding hydrogens is 333 g/mol. The van der Waals surface area contributed by atoms with E-state index in [1.54, 1.807) is 0 Å². The molecule has 2 aliphatic heterocycles. The number of hydrogen-bond acceptors (Lipinski definition) is 4. The van der Waals surface area contributed by atoms with E-state index in [4.69, 9.17) is 9.31 Å². The summed E-state index contributed by atoms with van der Waals surface area (Å²) in [6.45, 7) is 8.66. The molecule has 138 valence electrons. The number of hydrogen-bond donors (Lipinski definition) is 2. The van der Waals surface area contributed by atoms with Crippen LogP contribution in [0.5, 0.6) is 0 Å². The van der Waals surface area contributed by atoms with Crippen molar-refractivity contribution in [3.8, 4) is 0 Å². The normalized spacial score (nSPS) is 24.5. The molecule has 8 heteroatoms. The Labute approximate surface area is 152 Å². The molecule has 0 radical (unpaired) electrons. The van der Waals surface area contributed by atoms with Gasteiger partial charge in [-0.2, -0.15) is 0 Å². The molecule has 0 saturated carbocycles. The summed E-state index contributed by atoms with van der Waals surface area (Å²) in [4.78, 5) is 20.8. The van der Waals surface area contributed by atoms with Gasteiger partial charge < -0.3 is 19.4 Å². The standard InChI is InChI=1S/C18H24BN3O4/c1-17(2)18(3,4)26-19(25-17)11-7-8-12-13(10-11)21-15(20-12)14-6-5-9-22(14)16(23)24/h7-8,10,14H,5-6,9H2,1-4H3,(H,20,21)(H,23,24). The zero-order valence-electron chi connectivity index (χ0n) is 15.6. The molecule has 2 saturated heterocycles. The van der Waals surface area contributed by atoms with Crippen molar-refractivity contribution < 1.29 is 19.2 Å². The van der Waals surface area contributed by atoms with Gasteiger partial charge in [-0.05, 0) is 58.1 Å². The van der Waals surface area contributed by atoms with Crippen molar-refractivity contribution in [2.24, 2.45) is 0 Å². The number of likely N-dealkylation sites (tertiary alicyclic amines) is 1. The van der Waals surface area contributed by atoms with Gasteiger partial charge in [0.2, 0.25) is 0 Å². The maximum atomic E-state index is 11.4. The lowest BCUT2D eigenvalue weighted by Crippen LogP contribution is -2.41. The fourth-order valence-electron chi connectivity index (χ4n) is 3.61. The van der Waals surface area contributed by atoms with Gasteiger partial charge in [0.25, 0.3) is 0 Å². The summed E-state index contributed by atoms with van der Waals surface area (Å²) in [6.07, 6.45) is 0.745. The summed E-state index contributed by atoms with van der Waals surface area (Å²) < 4.78 is 12.2. The monoisotopic (exact) mass is 357 g/mol. The molecule has 26 heavy (non-hydrogen) atoms. The SMILES string of the molecule is CC1(C)OB(c2ccc3[nH]c(C4CCCN4C(=O)O)nc3c2)OC1(C)C. The predicted molar refractivity (Wildman–Crippen MR) is 98.5 cm³/mol. The molecule has 1 unspecified atom stereocenters. The van der Waals surface area contributed by atoms with Crippen molar-refractivity contribution in [1.82, 2.24) is 14.9 Å². The molecular formula is C18H24BN3O4. The zero-order valence-corrected chi connectivity index (χ0v) is 15.6. The first kappa shape index (κ1) is 17.4. The average Bonchev–Trinajstić information content (AvgIpc) is 3.23. The van der Waals surface area contributed by atoms with Crippen LogP contribution >= 0.6 is 0 Å². The number of rotatable bonds is 2. The Kier molecular flexibility index (Phi) is 3.82. The summed E-state index contributed by atoms with van der Waals surface area (Å²) in [5, 5.41) is 9.36. The first-order valence-electron chi connectivity index (χ1n) is 9.03. The summed E-state index contributed by atoms with van der Waals surface area (Å²) in [6, 6.07) is 5.67. The topological polar surface area (TPSA) is 87.7 Å². The first-order valence-corrected chi connectivity index (χ1v) is 9.03. The maximum absolute atomic E-state index is 11.4. The molecule has 3 heterocycles. The van der Waals surface area contributed by atoms with Gasteiger partial charge in [-0.1, -0.05) is 6.07 Å². The number of amides is 1. The highest BCUT2D eigenvalue weighted by molar-refractivity contribution is 6.62. The maximum Gasteiger partial charge on any atom is 0.494 e. The number of fused-ring (bicyclic) bond motifs is 1. The third kappa shape index (κ3) is 2.68. The largest absolute Gasteiger partial charge is 0.494 e. The Bertz CT molecular complexity index is 847. The molecule has 1 aromatic carbocycles. The van der Waals surface area contributed by atoms with Crippen molar-refractivity contribution in [2.45, 2.75) is 57.8 Å². The van der Waals surface area contributed by atoms with Gasteiger partial charge in [0.15, 0.2) is 0 Å². The highest BCUT2D eigenvalue weighted by atomic mass is 16.7. The van der Waals surface area contributed by atoms with Crippen molar-refractivity contribution in [1.29, 1.82) is 0 Å². The van der Waals surface area contributed by atoms with Crippen LogP contribution in [0.15, 0.2) is 18.2 Å². The quantitative estimate of drug-likeness (QED) is 0.807. The number of nitrogens with one attached hydrogen (secondary N) is 1. The van der Waals surface area contributed by atoms with Gasteiger partial charge >= 0.3 is 13.2 Å². The predicted octanol–water partition coefficient (Wildman–Crippen LogP) is 2.68. The minimum atomic E-state index is -0.897. The van der Waals surface area contributed by atoms with Gasteiger partial charge in [0.05, 0.1) is 28.3 Å². The first-order chi connectivity index (χ1) is 12.2. The molecule has 0 spiro atoms. The Balaban J connectivity index is 1.64. The lowest BCUT2D eigenvalue weighted by atomic mass is 9.79. The fourth-order valence-corrected chi connectivity index (χ4v) is 3.61. The number of aromatic amines is 1. The van der Waals surface area contributed by atoms with Crippen LogP contribution in [0.25, 0.3) is 11.0 Å². The van der Waals surface area contributed by atoms with Gasteiger partial charge in [-0.15, -0.1) is 0 Å². The molecule has 2 N–H and O–H groups in total. The van der Waals surface area contributed by atoms with Crippen LogP contribution in [-0.2, 0) is 9.31 Å². The number of imidazole rings is 1. The molecule has 1 atom stereocenters. The smallest absolute Gasteiger partial charge is 0.465 e. The molecule has 0 bridgehead atoms. The van der Waals surface area contributed by atoms with E-state index in [1.807, 2.05) is 45.9 Å². The molecule has 2 aliphatic rings. The number of carboxylic acid groups (broad SMARTS) is 1. The van der Waals surface area contributed by atoms with Crippen LogP contribution in [0.3, 0.4) is 0 Å². The molecule has 2 fully saturated rings. The summed E-state index contributed by atoms with van der Waals surface area (Å²) in [5.74, 6) is 0.700. The van der Waals surface area contributed by atoms with Crippen molar-refractivity contribution in [3.63, 3.8) is 0 Å². The van der Waals surface area contributed by atoms with E-state index in [1.165, 1.54) is 4.90 Å². The van der Waals surface area contributed by atoms with Crippen LogP contribution in [0, 0.1) is 0 Å². The van der Waals surface area contributed by atoms with Crippen LogP contribution in [0.2, 0.25) is 0 Å². The molecule has 2 aromatic rings. The Morgan fingerprint density at radius 2 is 2.00 bits per heavy atom. The fraction of sp³-hybridized carbons (Fsp3) is 0.556. The van der Waals surface area contributed by atoms with E-state index in [0.717, 1.165) is 29.3 Å². The average molecular weight is 357 g/mol. The summed E-state index contributed by atoms with van der Waals surface area (Å²) >= 11 is 0. The number of H-pyrrole nitrogens is 1. The second kappa shape index (κ2) is 5.72. The zero-order chi connectivity index (χ0) is 18.7. The molecule has 4 rings (SSSR count). The number of benzene rings is 1. The lowest BCUT2D eigenvalue weighted by molar-refractivity contribution is 0.00578. The Hall–Kier alpha value is -2.06. The van der Waals surface area contributed by atoms with E-state index >= 15 is 0 Å². The van der Waals surface area contributed by atoms with E-state index in [0.29, 0.717) is 12.4 Å². The van der Waals surface area contributed by atoms with Crippen molar-refractivity contribution in [3.05, 3.63) is 24.0 Å².